The van der Waals surface area contributed by atoms with Gasteiger partial charge in [-0.2, -0.15) is 0 Å². The van der Waals surface area contributed by atoms with E-state index in [-0.39, 0.29) is 0 Å². The van der Waals surface area contributed by atoms with Gasteiger partial charge in [0.05, 0.1) is 18.8 Å². The van der Waals surface area contributed by atoms with E-state index in [9.17, 15) is 25.2 Å². The van der Waals surface area contributed by atoms with Gasteiger partial charge in [0.25, 0.3) is 0 Å². The van der Waals surface area contributed by atoms with Gasteiger partial charge >= 0.3 is 0 Å². The highest BCUT2D eigenvalue weighted by atomic mass is 16.3. The van der Waals surface area contributed by atoms with Crippen molar-refractivity contribution in [2.45, 2.75) is 295 Å². The number of aliphatic hydroxyl groups excluding tert-OH is 4. The van der Waals surface area contributed by atoms with Crippen LogP contribution in [0.4, 0.5) is 0 Å². The Kier molecular flexibility index (Phi) is 47.4. The number of nitrogens with one attached hydrogen (secondary N) is 1. The summed E-state index contributed by atoms with van der Waals surface area (Å²) in [7, 11) is 0. The van der Waals surface area contributed by atoms with Gasteiger partial charge in [0, 0.05) is 0 Å². The molecule has 60 heavy (non-hydrogen) atoms. The van der Waals surface area contributed by atoms with Crippen LogP contribution in [-0.4, -0.2) is 57.3 Å². The van der Waals surface area contributed by atoms with Crippen LogP contribution in [0, 0.1) is 0 Å². The molecule has 6 nitrogen and oxygen atoms in total. The molecule has 1 amide bonds. The monoisotopic (exact) mass is 846 g/mol. The van der Waals surface area contributed by atoms with E-state index in [1.807, 2.05) is 0 Å². The van der Waals surface area contributed by atoms with E-state index in [0.717, 1.165) is 38.5 Å². The lowest BCUT2D eigenvalue weighted by molar-refractivity contribution is -0.132. The van der Waals surface area contributed by atoms with Crippen molar-refractivity contribution in [2.75, 3.05) is 6.61 Å². The maximum Gasteiger partial charge on any atom is 0.249 e. The Morgan fingerprint density at radius 1 is 0.400 bits per heavy atom. The second-order valence-electron chi connectivity index (χ2n) is 18.2. The minimum Gasteiger partial charge on any atom is -0.394 e. The molecule has 0 aromatic carbocycles. The fourth-order valence-corrected chi connectivity index (χ4v) is 8.12. The fraction of sp³-hybridized carbons (Fsp3) is 0.870. The van der Waals surface area contributed by atoms with Gasteiger partial charge in [-0.3, -0.25) is 4.79 Å². The molecular formula is C54H103NO5. The van der Waals surface area contributed by atoms with Crippen molar-refractivity contribution in [3.63, 3.8) is 0 Å². The van der Waals surface area contributed by atoms with Gasteiger partial charge in [-0.1, -0.05) is 230 Å². The number of carbonyl (C=O) groups is 1. The zero-order chi connectivity index (χ0) is 43.8. The van der Waals surface area contributed by atoms with E-state index in [1.165, 1.54) is 199 Å². The first-order valence-corrected chi connectivity index (χ1v) is 26.4. The van der Waals surface area contributed by atoms with Crippen LogP contribution in [0.2, 0.25) is 0 Å². The zero-order valence-electron chi connectivity index (χ0n) is 40.0. The van der Waals surface area contributed by atoms with Crippen molar-refractivity contribution in [1.82, 2.24) is 5.32 Å². The molecule has 0 heterocycles. The first-order valence-electron chi connectivity index (χ1n) is 26.4. The number of amides is 1. The largest absolute Gasteiger partial charge is 0.394 e. The molecule has 4 unspecified atom stereocenters. The summed E-state index contributed by atoms with van der Waals surface area (Å²) in [5, 5.41) is 43.9. The molecule has 0 aliphatic rings. The molecule has 0 aliphatic carbocycles. The Bertz CT molecular complexity index is 950. The van der Waals surface area contributed by atoms with Crippen molar-refractivity contribution >= 4 is 5.91 Å². The Labute approximate surface area is 373 Å². The van der Waals surface area contributed by atoms with Crippen molar-refractivity contribution in [2.24, 2.45) is 0 Å². The molecule has 0 saturated heterocycles. The van der Waals surface area contributed by atoms with Gasteiger partial charge in [-0.15, -0.1) is 0 Å². The molecule has 0 radical (unpaired) electrons. The fourth-order valence-electron chi connectivity index (χ4n) is 8.12. The highest BCUT2D eigenvalue weighted by molar-refractivity contribution is 5.80. The number of allylic oxidation sites excluding steroid dienone is 6. The van der Waals surface area contributed by atoms with Crippen molar-refractivity contribution in [3.8, 4) is 0 Å². The first kappa shape index (κ1) is 58.5. The standard InChI is InChI=1S/C54H103NO5/c1-3-5-7-9-11-13-15-17-19-21-23-25-26-28-30-32-34-36-38-40-42-44-46-48-52(58)54(60)55-50(49-56)53(59)51(57)47-45-43-41-39-37-35-33-31-29-27-24-22-20-18-16-14-12-10-8-6-4-2/h28,30-31,33,39,41,50-53,56-59H,3-27,29,32,34-38,40,42-49H2,1-2H3,(H,55,60)/b30-28-,33-31+,41-39+. The van der Waals surface area contributed by atoms with E-state index < -0.39 is 36.9 Å². The normalized spacial score (nSPS) is 14.2. The third-order valence-corrected chi connectivity index (χ3v) is 12.3. The summed E-state index contributed by atoms with van der Waals surface area (Å²) in [6.45, 7) is 4.06. The molecule has 0 spiro atoms. The van der Waals surface area contributed by atoms with Crippen LogP contribution in [0.1, 0.15) is 271 Å². The number of carbonyl (C=O) groups excluding carboxylic acids is 1. The Balaban J connectivity index is 3.73. The second-order valence-corrected chi connectivity index (χ2v) is 18.2. The first-order chi connectivity index (χ1) is 29.5. The van der Waals surface area contributed by atoms with Gasteiger partial charge in [0.2, 0.25) is 5.91 Å². The van der Waals surface area contributed by atoms with Crippen LogP contribution in [0.25, 0.3) is 0 Å². The lowest BCUT2D eigenvalue weighted by Crippen LogP contribution is -2.53. The van der Waals surface area contributed by atoms with Gasteiger partial charge in [-0.25, -0.2) is 0 Å². The van der Waals surface area contributed by atoms with Gasteiger partial charge in [0.1, 0.15) is 12.2 Å². The minimum atomic E-state index is -1.29. The molecule has 0 fully saturated rings. The minimum absolute atomic E-state index is 0.355. The summed E-state index contributed by atoms with van der Waals surface area (Å²) >= 11 is 0. The van der Waals surface area contributed by atoms with E-state index >= 15 is 0 Å². The summed E-state index contributed by atoms with van der Waals surface area (Å²) < 4.78 is 0. The number of hydrogen-bond donors (Lipinski definition) is 5. The van der Waals surface area contributed by atoms with Crippen LogP contribution >= 0.6 is 0 Å². The Morgan fingerprint density at radius 2 is 0.700 bits per heavy atom. The number of hydrogen-bond acceptors (Lipinski definition) is 5. The van der Waals surface area contributed by atoms with E-state index in [4.69, 9.17) is 0 Å². The molecule has 0 aliphatic heterocycles. The van der Waals surface area contributed by atoms with Crippen molar-refractivity contribution in [3.05, 3.63) is 36.5 Å². The second kappa shape index (κ2) is 48.6. The molecule has 4 atom stereocenters. The lowest BCUT2D eigenvalue weighted by Gasteiger charge is -2.27. The SMILES string of the molecule is CCCCCCCCCCCCCC/C=C\CCCCCCCCCC(O)C(=O)NC(CO)C(O)C(O)CCC/C=C/CC/C=C/CCCCCCCCCCCCCC. The van der Waals surface area contributed by atoms with Crippen molar-refractivity contribution in [1.29, 1.82) is 0 Å². The highest BCUT2D eigenvalue weighted by Crippen LogP contribution is 2.16. The predicted octanol–water partition coefficient (Wildman–Crippen LogP) is 14.9. The van der Waals surface area contributed by atoms with Crippen LogP contribution in [-0.2, 0) is 4.79 Å². The summed E-state index contributed by atoms with van der Waals surface area (Å²) in [5.41, 5.74) is 0. The average Bonchev–Trinajstić information content (AvgIpc) is 3.25. The molecule has 0 aromatic rings. The van der Waals surface area contributed by atoms with Gasteiger partial charge in [-0.05, 0) is 77.0 Å². The molecule has 0 bridgehead atoms. The average molecular weight is 846 g/mol. The smallest absolute Gasteiger partial charge is 0.249 e. The molecular weight excluding hydrogens is 743 g/mol. The predicted molar refractivity (Wildman–Crippen MR) is 260 cm³/mol. The quantitative estimate of drug-likeness (QED) is 0.0309. The topological polar surface area (TPSA) is 110 Å². The summed E-state index contributed by atoms with van der Waals surface area (Å²) in [6, 6.07) is -1.01. The van der Waals surface area contributed by atoms with E-state index in [1.54, 1.807) is 0 Å². The summed E-state index contributed by atoms with van der Waals surface area (Å²) in [5.74, 6) is -0.599. The molecule has 5 N–H and O–H groups in total. The highest BCUT2D eigenvalue weighted by Gasteiger charge is 2.28. The third-order valence-electron chi connectivity index (χ3n) is 12.3. The molecule has 6 heteroatoms. The molecule has 0 saturated carbocycles. The maximum absolute atomic E-state index is 12.6. The summed E-state index contributed by atoms with van der Waals surface area (Å²) in [4.78, 5) is 12.6. The van der Waals surface area contributed by atoms with E-state index in [0.29, 0.717) is 19.3 Å². The molecule has 0 aromatic heterocycles. The Morgan fingerprint density at radius 3 is 1.05 bits per heavy atom. The van der Waals surface area contributed by atoms with Crippen LogP contribution in [0.5, 0.6) is 0 Å². The van der Waals surface area contributed by atoms with Crippen molar-refractivity contribution < 1.29 is 25.2 Å². The number of unbranched alkanes of at least 4 members (excludes halogenated alkanes) is 33. The number of aliphatic hydroxyl groups is 4. The Hall–Kier alpha value is -1.47. The zero-order valence-corrected chi connectivity index (χ0v) is 40.0. The molecule has 0 rings (SSSR count). The van der Waals surface area contributed by atoms with Crippen LogP contribution < -0.4 is 5.32 Å². The van der Waals surface area contributed by atoms with Gasteiger partial charge < -0.3 is 25.7 Å². The number of rotatable bonds is 48. The third kappa shape index (κ3) is 41.9. The van der Waals surface area contributed by atoms with E-state index in [2.05, 4.69) is 55.6 Å². The lowest BCUT2D eigenvalue weighted by atomic mass is 10.00. The molecule has 354 valence electrons. The maximum atomic E-state index is 12.6. The van der Waals surface area contributed by atoms with Crippen LogP contribution in [0.15, 0.2) is 36.5 Å². The van der Waals surface area contributed by atoms with Gasteiger partial charge in [0.15, 0.2) is 0 Å². The van der Waals surface area contributed by atoms with Crippen LogP contribution in [0.3, 0.4) is 0 Å². The summed E-state index contributed by atoms with van der Waals surface area (Å²) in [6.07, 6.45) is 59.1.